The van der Waals surface area contributed by atoms with Crippen molar-refractivity contribution in [3.63, 3.8) is 0 Å². The molecule has 1 amide bonds. The van der Waals surface area contributed by atoms with Crippen LogP contribution >= 0.6 is 0 Å². The zero-order valence-electron chi connectivity index (χ0n) is 15.3. The second kappa shape index (κ2) is 7.35. The molecule has 0 N–H and O–H groups in total. The van der Waals surface area contributed by atoms with E-state index in [2.05, 4.69) is 34.7 Å². The van der Waals surface area contributed by atoms with Crippen molar-refractivity contribution < 1.29 is 9.18 Å². The summed E-state index contributed by atoms with van der Waals surface area (Å²) in [5.74, 6) is -0.271. The van der Waals surface area contributed by atoms with Gasteiger partial charge in [-0.05, 0) is 61.2 Å². The number of nitrogens with zero attached hydrogens (tertiary/aromatic N) is 3. The summed E-state index contributed by atoms with van der Waals surface area (Å²) in [6, 6.07) is 12.8. The van der Waals surface area contributed by atoms with E-state index in [0.29, 0.717) is 6.04 Å². The lowest BCUT2D eigenvalue weighted by atomic mass is 10.0. The molecule has 0 saturated carbocycles. The summed E-state index contributed by atoms with van der Waals surface area (Å²) in [5, 5.41) is 0. The van der Waals surface area contributed by atoms with Crippen molar-refractivity contribution >= 4 is 23.0 Å². The van der Waals surface area contributed by atoms with Gasteiger partial charge in [0.05, 0.1) is 17.4 Å². The maximum absolute atomic E-state index is 12.9. The second-order valence-electron chi connectivity index (χ2n) is 7.09. The normalized spacial score (nSPS) is 15.7. The number of hydrogen-bond donors (Lipinski definition) is 0. The second-order valence-corrected chi connectivity index (χ2v) is 7.09. The number of likely N-dealkylation sites (tertiary alicyclic amines) is 1. The highest BCUT2D eigenvalue weighted by Gasteiger charge is 2.23. The Morgan fingerprint density at radius 3 is 2.63 bits per heavy atom. The van der Waals surface area contributed by atoms with Crippen LogP contribution in [0.15, 0.2) is 54.9 Å². The maximum Gasteiger partial charge on any atom is 0.246 e. The Labute approximate surface area is 157 Å². The van der Waals surface area contributed by atoms with Gasteiger partial charge in [0.15, 0.2) is 0 Å². The van der Waals surface area contributed by atoms with Crippen LogP contribution in [-0.2, 0) is 4.79 Å². The van der Waals surface area contributed by atoms with Gasteiger partial charge in [-0.1, -0.05) is 18.2 Å². The number of imidazole rings is 1. The first-order chi connectivity index (χ1) is 13.1. The molecule has 0 bridgehead atoms. The first kappa shape index (κ1) is 17.5. The minimum Gasteiger partial charge on any atom is -0.339 e. The number of hydrogen-bond acceptors (Lipinski definition) is 2. The molecule has 0 aliphatic carbocycles. The lowest BCUT2D eigenvalue weighted by Gasteiger charge is -2.32. The van der Waals surface area contributed by atoms with Crippen LogP contribution in [0.2, 0.25) is 0 Å². The van der Waals surface area contributed by atoms with Gasteiger partial charge in [0.1, 0.15) is 5.82 Å². The van der Waals surface area contributed by atoms with Gasteiger partial charge >= 0.3 is 0 Å². The van der Waals surface area contributed by atoms with Crippen molar-refractivity contribution in [3.05, 3.63) is 71.8 Å². The Morgan fingerprint density at radius 1 is 1.15 bits per heavy atom. The molecule has 1 aliphatic heterocycles. The number of amides is 1. The predicted octanol–water partition coefficient (Wildman–Crippen LogP) is 4.36. The number of aryl methyl sites for hydroxylation is 1. The van der Waals surface area contributed by atoms with Crippen LogP contribution in [0.5, 0.6) is 0 Å². The third kappa shape index (κ3) is 3.77. The van der Waals surface area contributed by atoms with Crippen molar-refractivity contribution in [1.82, 2.24) is 14.5 Å². The highest BCUT2D eigenvalue weighted by Crippen LogP contribution is 2.27. The van der Waals surface area contributed by atoms with E-state index in [0.717, 1.165) is 42.5 Å². The Hall–Kier alpha value is -2.95. The summed E-state index contributed by atoms with van der Waals surface area (Å²) in [6.07, 6.45) is 7.05. The van der Waals surface area contributed by atoms with E-state index in [4.69, 9.17) is 0 Å². The van der Waals surface area contributed by atoms with Crippen molar-refractivity contribution in [2.45, 2.75) is 25.8 Å². The molecule has 5 heteroatoms. The van der Waals surface area contributed by atoms with E-state index in [-0.39, 0.29) is 11.7 Å². The number of carbonyl (C=O) groups excluding carboxylic acids is 1. The molecule has 0 radical (unpaired) electrons. The van der Waals surface area contributed by atoms with E-state index in [1.165, 1.54) is 17.7 Å². The van der Waals surface area contributed by atoms with Crippen molar-refractivity contribution in [3.8, 4) is 0 Å². The summed E-state index contributed by atoms with van der Waals surface area (Å²) in [4.78, 5) is 18.8. The van der Waals surface area contributed by atoms with Crippen LogP contribution in [0.1, 0.15) is 30.0 Å². The van der Waals surface area contributed by atoms with Crippen LogP contribution in [0.25, 0.3) is 17.1 Å². The largest absolute Gasteiger partial charge is 0.339 e. The van der Waals surface area contributed by atoms with E-state index in [1.807, 2.05) is 11.2 Å². The topological polar surface area (TPSA) is 38.1 Å². The average Bonchev–Trinajstić information content (AvgIpc) is 3.10. The van der Waals surface area contributed by atoms with Gasteiger partial charge in [0.2, 0.25) is 5.91 Å². The standard InChI is InChI=1S/C22H22FN3O/c1-16-2-8-20-21(14-16)26(15-24-20)19-10-12-25(13-11-19)22(27)9-5-17-3-6-18(23)7-4-17/h2-9,14-15,19H,10-13H2,1H3/b9-5+. The third-order valence-electron chi connectivity index (χ3n) is 5.19. The summed E-state index contributed by atoms with van der Waals surface area (Å²) >= 11 is 0. The van der Waals surface area contributed by atoms with Crippen molar-refractivity contribution in [1.29, 1.82) is 0 Å². The molecular weight excluding hydrogens is 341 g/mol. The maximum atomic E-state index is 12.9. The smallest absolute Gasteiger partial charge is 0.246 e. The molecule has 27 heavy (non-hydrogen) atoms. The number of rotatable bonds is 3. The van der Waals surface area contributed by atoms with Gasteiger partial charge in [0, 0.05) is 25.2 Å². The van der Waals surface area contributed by atoms with Gasteiger partial charge in [-0.25, -0.2) is 9.37 Å². The monoisotopic (exact) mass is 363 g/mol. The summed E-state index contributed by atoms with van der Waals surface area (Å²) in [5.41, 5.74) is 4.22. The number of carbonyl (C=O) groups is 1. The van der Waals surface area contributed by atoms with Gasteiger partial charge in [-0.3, -0.25) is 4.79 Å². The predicted molar refractivity (Wildman–Crippen MR) is 105 cm³/mol. The van der Waals surface area contributed by atoms with Gasteiger partial charge in [0.25, 0.3) is 0 Å². The summed E-state index contributed by atoms with van der Waals surface area (Å²) in [7, 11) is 0. The number of halogens is 1. The van der Waals surface area contributed by atoms with Gasteiger partial charge < -0.3 is 9.47 Å². The average molecular weight is 363 g/mol. The molecule has 138 valence electrons. The molecule has 1 fully saturated rings. The molecule has 3 aromatic rings. The van der Waals surface area contributed by atoms with Crippen molar-refractivity contribution in [2.24, 2.45) is 0 Å². The van der Waals surface area contributed by atoms with Gasteiger partial charge in [-0.15, -0.1) is 0 Å². The molecule has 1 saturated heterocycles. The molecule has 1 aliphatic rings. The molecular formula is C22H22FN3O. The highest BCUT2D eigenvalue weighted by atomic mass is 19.1. The van der Waals surface area contributed by atoms with Crippen molar-refractivity contribution in [2.75, 3.05) is 13.1 Å². The molecule has 4 nitrogen and oxygen atoms in total. The quantitative estimate of drug-likeness (QED) is 0.649. The third-order valence-corrected chi connectivity index (χ3v) is 5.19. The number of aromatic nitrogens is 2. The summed E-state index contributed by atoms with van der Waals surface area (Å²) < 4.78 is 15.2. The Morgan fingerprint density at radius 2 is 1.89 bits per heavy atom. The van der Waals surface area contributed by atoms with E-state index < -0.39 is 0 Å². The number of fused-ring (bicyclic) bond motifs is 1. The van der Waals surface area contributed by atoms with E-state index in [1.54, 1.807) is 24.3 Å². The minimum absolute atomic E-state index is 0.00380. The SMILES string of the molecule is Cc1ccc2ncn(C3CCN(C(=O)/C=C/c4ccc(F)cc4)CC3)c2c1. The molecule has 2 aromatic carbocycles. The Balaban J connectivity index is 1.40. The molecule has 0 atom stereocenters. The lowest BCUT2D eigenvalue weighted by molar-refractivity contribution is -0.127. The van der Waals surface area contributed by atoms with Crippen LogP contribution < -0.4 is 0 Å². The molecule has 2 heterocycles. The Bertz CT molecular complexity index is 982. The zero-order chi connectivity index (χ0) is 18.8. The van der Waals surface area contributed by atoms with Gasteiger partial charge in [-0.2, -0.15) is 0 Å². The number of piperidine rings is 1. The highest BCUT2D eigenvalue weighted by molar-refractivity contribution is 5.91. The molecule has 0 spiro atoms. The number of benzene rings is 2. The first-order valence-electron chi connectivity index (χ1n) is 9.26. The Kier molecular flexibility index (Phi) is 4.75. The van der Waals surface area contributed by atoms with E-state index in [9.17, 15) is 9.18 Å². The van der Waals surface area contributed by atoms with Crippen LogP contribution in [0.3, 0.4) is 0 Å². The molecule has 4 rings (SSSR count). The zero-order valence-corrected chi connectivity index (χ0v) is 15.3. The fourth-order valence-electron chi connectivity index (χ4n) is 3.64. The fourth-order valence-corrected chi connectivity index (χ4v) is 3.64. The van der Waals surface area contributed by atoms with Crippen LogP contribution in [0.4, 0.5) is 4.39 Å². The summed E-state index contributed by atoms with van der Waals surface area (Å²) in [6.45, 7) is 3.54. The van der Waals surface area contributed by atoms with Crippen LogP contribution in [-0.4, -0.2) is 33.4 Å². The molecule has 1 aromatic heterocycles. The van der Waals surface area contributed by atoms with Crippen LogP contribution in [0, 0.1) is 12.7 Å². The lowest BCUT2D eigenvalue weighted by Crippen LogP contribution is -2.38. The minimum atomic E-state index is -0.275. The molecule has 0 unspecified atom stereocenters. The van der Waals surface area contributed by atoms with E-state index >= 15 is 0 Å². The fraction of sp³-hybridized carbons (Fsp3) is 0.273. The first-order valence-corrected chi connectivity index (χ1v) is 9.26.